The van der Waals surface area contributed by atoms with Crippen molar-refractivity contribution >= 4 is 10.9 Å². The number of aromatic amines is 1. The van der Waals surface area contributed by atoms with Crippen molar-refractivity contribution in [1.82, 2.24) is 15.2 Å². The fraction of sp³-hybridized carbons (Fsp3) is 0.517. The van der Waals surface area contributed by atoms with Crippen LogP contribution in [0.15, 0.2) is 30.3 Å². The molecule has 3 aromatic rings. The van der Waals surface area contributed by atoms with E-state index in [1.807, 2.05) is 12.1 Å². The standard InChI is InChI=1S/C29H37N3O3/c1-4-17-16-32-10-8-18-13-27(34-2)28(35-3)15-22(18)26(32)12-19(17)11-25-29-21(7-9-30-25)23-14-20(33)5-6-24(23)31-29/h5-6,13-15,17,19,25-26,30-31,33H,4,7-12,16H2,1-3H3/t17-,19+,25-,26+/m1/s1. The van der Waals surface area contributed by atoms with Crippen LogP contribution >= 0.6 is 0 Å². The number of aromatic nitrogens is 1. The second-order valence-corrected chi connectivity index (χ2v) is 10.6. The number of methoxy groups -OCH3 is 2. The monoisotopic (exact) mass is 475 g/mol. The number of benzene rings is 2. The average molecular weight is 476 g/mol. The van der Waals surface area contributed by atoms with E-state index in [4.69, 9.17) is 9.47 Å². The Labute approximate surface area is 207 Å². The number of rotatable bonds is 5. The van der Waals surface area contributed by atoms with E-state index in [-0.39, 0.29) is 0 Å². The Balaban J connectivity index is 1.30. The van der Waals surface area contributed by atoms with Crippen LogP contribution in [0.2, 0.25) is 0 Å². The van der Waals surface area contributed by atoms with Gasteiger partial charge in [0.05, 0.1) is 14.2 Å². The number of hydrogen-bond acceptors (Lipinski definition) is 5. The first kappa shape index (κ1) is 22.7. The largest absolute Gasteiger partial charge is 0.508 e. The van der Waals surface area contributed by atoms with Crippen LogP contribution in [0, 0.1) is 11.8 Å². The van der Waals surface area contributed by atoms with E-state index < -0.39 is 0 Å². The molecule has 1 saturated heterocycles. The molecule has 0 saturated carbocycles. The number of aromatic hydroxyl groups is 1. The summed E-state index contributed by atoms with van der Waals surface area (Å²) >= 11 is 0. The summed E-state index contributed by atoms with van der Waals surface area (Å²) in [4.78, 5) is 6.41. The Kier molecular flexibility index (Phi) is 5.89. The van der Waals surface area contributed by atoms with E-state index in [0.717, 1.165) is 49.4 Å². The van der Waals surface area contributed by atoms with Gasteiger partial charge in [-0.3, -0.25) is 4.90 Å². The van der Waals surface area contributed by atoms with Gasteiger partial charge in [0.1, 0.15) is 5.75 Å². The number of hydrogen-bond donors (Lipinski definition) is 3. The molecule has 2 aromatic carbocycles. The third-order valence-electron chi connectivity index (χ3n) is 8.87. The molecule has 3 aliphatic rings. The highest BCUT2D eigenvalue weighted by Gasteiger charge is 2.40. The third kappa shape index (κ3) is 3.87. The van der Waals surface area contributed by atoms with Gasteiger partial charge in [-0.15, -0.1) is 0 Å². The summed E-state index contributed by atoms with van der Waals surface area (Å²) in [7, 11) is 3.45. The molecule has 0 amide bonds. The van der Waals surface area contributed by atoms with Crippen molar-refractivity contribution < 1.29 is 14.6 Å². The predicted molar refractivity (Wildman–Crippen MR) is 138 cm³/mol. The highest BCUT2D eigenvalue weighted by atomic mass is 16.5. The first-order valence-corrected chi connectivity index (χ1v) is 13.1. The third-order valence-corrected chi connectivity index (χ3v) is 8.87. The number of phenolic OH excluding ortho intramolecular Hbond substituents is 1. The Hall–Kier alpha value is -2.70. The summed E-state index contributed by atoms with van der Waals surface area (Å²) in [5.41, 5.74) is 6.66. The topological polar surface area (TPSA) is 69.8 Å². The van der Waals surface area contributed by atoms with Gasteiger partial charge in [0.25, 0.3) is 0 Å². The Morgan fingerprint density at radius 1 is 1.06 bits per heavy atom. The van der Waals surface area contributed by atoms with Gasteiger partial charge in [0.15, 0.2) is 11.5 Å². The first-order valence-electron chi connectivity index (χ1n) is 13.1. The van der Waals surface area contributed by atoms with Crippen molar-refractivity contribution in [2.24, 2.45) is 11.8 Å². The lowest BCUT2D eigenvalue weighted by Gasteiger charge is -2.48. The summed E-state index contributed by atoms with van der Waals surface area (Å²) < 4.78 is 11.3. The fourth-order valence-corrected chi connectivity index (χ4v) is 7.06. The average Bonchev–Trinajstić information content (AvgIpc) is 3.26. The Bertz CT molecular complexity index is 1240. The van der Waals surface area contributed by atoms with Crippen LogP contribution in [-0.4, -0.2) is 48.8 Å². The van der Waals surface area contributed by atoms with Crippen LogP contribution in [0.5, 0.6) is 17.2 Å². The van der Waals surface area contributed by atoms with E-state index in [0.29, 0.717) is 29.7 Å². The van der Waals surface area contributed by atoms with E-state index in [1.54, 1.807) is 20.3 Å². The number of nitrogens with one attached hydrogen (secondary N) is 2. The molecule has 0 aliphatic carbocycles. The van der Waals surface area contributed by atoms with Gasteiger partial charge in [0, 0.05) is 41.8 Å². The smallest absolute Gasteiger partial charge is 0.161 e. The molecule has 0 unspecified atom stereocenters. The highest BCUT2D eigenvalue weighted by Crippen LogP contribution is 2.47. The molecule has 0 bridgehead atoms. The SMILES string of the molecule is CC[C@@H]1CN2CCc3cc(OC)c(OC)cc3[C@@H]2C[C@@H]1C[C@H]1NCCc2c1[nH]c1ccc(O)cc21. The predicted octanol–water partition coefficient (Wildman–Crippen LogP) is 5.11. The lowest BCUT2D eigenvalue weighted by atomic mass is 9.73. The zero-order chi connectivity index (χ0) is 24.1. The maximum absolute atomic E-state index is 10.1. The molecule has 4 heterocycles. The summed E-state index contributed by atoms with van der Waals surface area (Å²) in [6.07, 6.45) is 5.60. The van der Waals surface area contributed by atoms with Gasteiger partial charge in [-0.05, 0) is 91.1 Å². The van der Waals surface area contributed by atoms with Crippen molar-refractivity contribution in [2.75, 3.05) is 33.9 Å². The number of H-pyrrole nitrogens is 1. The van der Waals surface area contributed by atoms with E-state index >= 15 is 0 Å². The van der Waals surface area contributed by atoms with Crippen molar-refractivity contribution in [2.45, 2.75) is 51.1 Å². The van der Waals surface area contributed by atoms with Crippen LogP contribution in [0.4, 0.5) is 0 Å². The van der Waals surface area contributed by atoms with Crippen LogP contribution in [0.1, 0.15) is 60.7 Å². The molecule has 4 atom stereocenters. The molecular weight excluding hydrogens is 438 g/mol. The molecule has 6 rings (SSSR count). The van der Waals surface area contributed by atoms with Gasteiger partial charge in [-0.1, -0.05) is 13.3 Å². The molecule has 0 radical (unpaired) electrons. The maximum atomic E-state index is 10.1. The Morgan fingerprint density at radius 2 is 1.89 bits per heavy atom. The van der Waals surface area contributed by atoms with Crippen LogP contribution in [0.3, 0.4) is 0 Å². The lowest BCUT2D eigenvalue weighted by molar-refractivity contribution is 0.0433. The van der Waals surface area contributed by atoms with Crippen molar-refractivity contribution in [1.29, 1.82) is 0 Å². The summed E-state index contributed by atoms with van der Waals surface area (Å²) in [5, 5.41) is 15.1. The zero-order valence-corrected chi connectivity index (χ0v) is 21.1. The van der Waals surface area contributed by atoms with Crippen molar-refractivity contribution in [3.63, 3.8) is 0 Å². The second-order valence-electron chi connectivity index (χ2n) is 10.6. The van der Waals surface area contributed by atoms with Gasteiger partial charge < -0.3 is 24.9 Å². The molecule has 186 valence electrons. The number of piperidine rings is 1. The van der Waals surface area contributed by atoms with E-state index in [1.165, 1.54) is 47.2 Å². The molecule has 0 spiro atoms. The summed E-state index contributed by atoms with van der Waals surface area (Å²) in [5.74, 6) is 3.36. The number of phenols is 1. The minimum absolute atomic E-state index is 0.326. The number of ether oxygens (including phenoxy) is 2. The molecule has 6 nitrogen and oxygen atoms in total. The molecule has 6 heteroatoms. The van der Waals surface area contributed by atoms with Gasteiger partial charge in [-0.25, -0.2) is 0 Å². The lowest BCUT2D eigenvalue weighted by Crippen LogP contribution is -2.46. The van der Waals surface area contributed by atoms with Crippen LogP contribution in [-0.2, 0) is 12.8 Å². The minimum atomic E-state index is 0.326. The minimum Gasteiger partial charge on any atom is -0.508 e. The molecule has 3 N–H and O–H groups in total. The summed E-state index contributed by atoms with van der Waals surface area (Å²) in [6.45, 7) is 5.63. The van der Waals surface area contributed by atoms with Gasteiger partial charge in [0.2, 0.25) is 0 Å². The summed E-state index contributed by atoms with van der Waals surface area (Å²) in [6, 6.07) is 10.9. The quantitative estimate of drug-likeness (QED) is 0.478. The van der Waals surface area contributed by atoms with Crippen LogP contribution < -0.4 is 14.8 Å². The molecule has 1 aromatic heterocycles. The normalized spacial score (nSPS) is 26.1. The Morgan fingerprint density at radius 3 is 2.69 bits per heavy atom. The number of nitrogens with zero attached hydrogens (tertiary/aromatic N) is 1. The molecule has 1 fully saturated rings. The fourth-order valence-electron chi connectivity index (χ4n) is 7.06. The van der Waals surface area contributed by atoms with Crippen molar-refractivity contribution in [3.05, 3.63) is 52.7 Å². The van der Waals surface area contributed by atoms with Gasteiger partial charge in [-0.2, -0.15) is 0 Å². The van der Waals surface area contributed by atoms with Gasteiger partial charge >= 0.3 is 0 Å². The second kappa shape index (κ2) is 9.07. The zero-order valence-electron chi connectivity index (χ0n) is 21.1. The molecule has 35 heavy (non-hydrogen) atoms. The highest BCUT2D eigenvalue weighted by molar-refractivity contribution is 5.86. The molecular formula is C29H37N3O3. The van der Waals surface area contributed by atoms with Crippen LogP contribution in [0.25, 0.3) is 10.9 Å². The first-order chi connectivity index (χ1) is 17.1. The van der Waals surface area contributed by atoms with E-state index in [2.05, 4.69) is 34.3 Å². The number of fused-ring (bicyclic) bond motifs is 6. The van der Waals surface area contributed by atoms with E-state index in [9.17, 15) is 5.11 Å². The van der Waals surface area contributed by atoms with Crippen molar-refractivity contribution in [3.8, 4) is 17.2 Å². The molecule has 3 aliphatic heterocycles. The maximum Gasteiger partial charge on any atom is 0.161 e.